The number of esters is 1. The molecule has 1 saturated heterocycles. The lowest BCUT2D eigenvalue weighted by Gasteiger charge is -2.16. The molecule has 0 N–H and O–H groups in total. The average molecular weight is 293 g/mol. The summed E-state index contributed by atoms with van der Waals surface area (Å²) in [6.45, 7) is 7.88. The second kappa shape index (κ2) is 6.89. The highest BCUT2D eigenvalue weighted by atomic mass is 16.5. The summed E-state index contributed by atoms with van der Waals surface area (Å²) in [5, 5.41) is 0. The van der Waals surface area contributed by atoms with Crippen LogP contribution in [0.25, 0.3) is 0 Å². The van der Waals surface area contributed by atoms with E-state index in [1.807, 2.05) is 6.92 Å². The van der Waals surface area contributed by atoms with E-state index in [2.05, 4.69) is 0 Å². The SMILES string of the molecule is CCOC(=O)c1c(C)cc(=O)n(CCC2CCOC2)c1C. The van der Waals surface area contributed by atoms with Gasteiger partial charge < -0.3 is 14.0 Å². The topological polar surface area (TPSA) is 57.5 Å². The van der Waals surface area contributed by atoms with Gasteiger partial charge in [0.05, 0.1) is 12.2 Å². The van der Waals surface area contributed by atoms with Crippen molar-refractivity contribution < 1.29 is 14.3 Å². The molecule has 1 fully saturated rings. The van der Waals surface area contributed by atoms with Crippen LogP contribution < -0.4 is 5.56 Å². The number of rotatable bonds is 5. The average Bonchev–Trinajstić information content (AvgIpc) is 2.91. The third kappa shape index (κ3) is 3.53. The minimum absolute atomic E-state index is 0.0584. The number of hydrogen-bond acceptors (Lipinski definition) is 4. The third-order valence-corrected chi connectivity index (χ3v) is 4.03. The molecule has 2 heterocycles. The van der Waals surface area contributed by atoms with E-state index in [-0.39, 0.29) is 11.5 Å². The molecule has 5 nitrogen and oxygen atoms in total. The Morgan fingerprint density at radius 2 is 2.24 bits per heavy atom. The van der Waals surface area contributed by atoms with E-state index in [9.17, 15) is 9.59 Å². The molecule has 0 bridgehead atoms. The van der Waals surface area contributed by atoms with Gasteiger partial charge in [-0.3, -0.25) is 4.79 Å². The van der Waals surface area contributed by atoms with Gasteiger partial charge in [-0.05, 0) is 45.1 Å². The number of pyridine rings is 1. The lowest BCUT2D eigenvalue weighted by atomic mass is 10.0. The summed E-state index contributed by atoms with van der Waals surface area (Å²) in [4.78, 5) is 24.2. The van der Waals surface area contributed by atoms with E-state index in [4.69, 9.17) is 9.47 Å². The summed E-state index contributed by atoms with van der Waals surface area (Å²) < 4.78 is 12.1. The Kier molecular flexibility index (Phi) is 5.17. The van der Waals surface area contributed by atoms with Crippen LogP contribution in [-0.4, -0.2) is 30.4 Å². The van der Waals surface area contributed by atoms with Crippen molar-refractivity contribution in [2.45, 2.75) is 40.2 Å². The lowest BCUT2D eigenvalue weighted by Crippen LogP contribution is -2.27. The van der Waals surface area contributed by atoms with Crippen LogP contribution in [0.5, 0.6) is 0 Å². The Hall–Kier alpha value is -1.62. The highest BCUT2D eigenvalue weighted by molar-refractivity contribution is 5.92. The van der Waals surface area contributed by atoms with Crippen molar-refractivity contribution in [3.05, 3.63) is 33.2 Å². The molecule has 5 heteroatoms. The predicted octanol–water partition coefficient (Wildman–Crippen LogP) is 2.07. The molecule has 0 saturated carbocycles. The number of ether oxygens (including phenoxy) is 2. The van der Waals surface area contributed by atoms with Crippen LogP contribution in [0, 0.1) is 19.8 Å². The van der Waals surface area contributed by atoms with Crippen molar-refractivity contribution in [2.24, 2.45) is 5.92 Å². The molecule has 1 aliphatic heterocycles. The lowest BCUT2D eigenvalue weighted by molar-refractivity contribution is 0.0523. The number of aryl methyl sites for hydroxylation is 1. The van der Waals surface area contributed by atoms with E-state index < -0.39 is 0 Å². The van der Waals surface area contributed by atoms with Crippen LogP contribution in [0.4, 0.5) is 0 Å². The Labute approximate surface area is 124 Å². The third-order valence-electron chi connectivity index (χ3n) is 4.03. The Bertz CT molecular complexity index is 570. The van der Waals surface area contributed by atoms with Crippen molar-refractivity contribution in [3.8, 4) is 0 Å². The van der Waals surface area contributed by atoms with Crippen LogP contribution in [0.15, 0.2) is 10.9 Å². The molecule has 2 rings (SSSR count). The molecule has 0 radical (unpaired) electrons. The zero-order valence-electron chi connectivity index (χ0n) is 13.0. The van der Waals surface area contributed by atoms with Crippen molar-refractivity contribution >= 4 is 5.97 Å². The number of hydrogen-bond donors (Lipinski definition) is 0. The van der Waals surface area contributed by atoms with Gasteiger partial charge >= 0.3 is 5.97 Å². The van der Waals surface area contributed by atoms with Gasteiger partial charge in [-0.1, -0.05) is 0 Å². The number of nitrogens with zero attached hydrogens (tertiary/aromatic N) is 1. The zero-order chi connectivity index (χ0) is 15.4. The molecule has 1 unspecified atom stereocenters. The normalized spacial score (nSPS) is 18.0. The number of carbonyl (C=O) groups excluding carboxylic acids is 1. The fraction of sp³-hybridized carbons (Fsp3) is 0.625. The maximum Gasteiger partial charge on any atom is 0.340 e. The molecule has 0 amide bonds. The summed E-state index contributed by atoms with van der Waals surface area (Å²) in [6.07, 6.45) is 1.94. The van der Waals surface area contributed by atoms with Crippen molar-refractivity contribution in [2.75, 3.05) is 19.8 Å². The molecule has 0 aliphatic carbocycles. The second-order valence-electron chi connectivity index (χ2n) is 5.52. The standard InChI is InChI=1S/C16H23NO4/c1-4-21-16(19)15-11(2)9-14(18)17(12(15)3)7-5-13-6-8-20-10-13/h9,13H,4-8,10H2,1-3H3. The Morgan fingerprint density at radius 1 is 1.48 bits per heavy atom. The van der Waals surface area contributed by atoms with Gasteiger partial charge in [-0.25, -0.2) is 4.79 Å². The molecular weight excluding hydrogens is 270 g/mol. The summed E-state index contributed by atoms with van der Waals surface area (Å²) in [5.74, 6) is 0.147. The van der Waals surface area contributed by atoms with E-state index in [1.54, 1.807) is 18.4 Å². The van der Waals surface area contributed by atoms with Gasteiger partial charge in [0, 0.05) is 31.5 Å². The Morgan fingerprint density at radius 3 is 2.86 bits per heavy atom. The fourth-order valence-electron chi connectivity index (χ4n) is 2.83. The first-order chi connectivity index (χ1) is 10.0. The van der Waals surface area contributed by atoms with Crippen LogP contribution in [0.1, 0.15) is 41.4 Å². The first-order valence-electron chi connectivity index (χ1n) is 7.50. The van der Waals surface area contributed by atoms with E-state index in [0.717, 1.165) is 26.1 Å². The maximum absolute atomic E-state index is 12.2. The summed E-state index contributed by atoms with van der Waals surface area (Å²) in [5.41, 5.74) is 1.82. The van der Waals surface area contributed by atoms with Crippen LogP contribution in [0.2, 0.25) is 0 Å². The van der Waals surface area contributed by atoms with Gasteiger partial charge in [0.1, 0.15) is 0 Å². The van der Waals surface area contributed by atoms with Crippen molar-refractivity contribution in [1.82, 2.24) is 4.57 Å². The molecule has 1 aromatic heterocycles. The first-order valence-corrected chi connectivity index (χ1v) is 7.50. The maximum atomic E-state index is 12.2. The number of aromatic nitrogens is 1. The van der Waals surface area contributed by atoms with E-state index in [0.29, 0.717) is 35.9 Å². The molecule has 1 aliphatic rings. The monoisotopic (exact) mass is 293 g/mol. The van der Waals surface area contributed by atoms with Crippen molar-refractivity contribution in [3.63, 3.8) is 0 Å². The molecular formula is C16H23NO4. The molecule has 0 aromatic carbocycles. The minimum atomic E-state index is -0.356. The Balaban J connectivity index is 2.25. The largest absolute Gasteiger partial charge is 0.462 e. The highest BCUT2D eigenvalue weighted by Crippen LogP contribution is 2.18. The zero-order valence-corrected chi connectivity index (χ0v) is 13.0. The second-order valence-corrected chi connectivity index (χ2v) is 5.52. The summed E-state index contributed by atoms with van der Waals surface area (Å²) >= 11 is 0. The fourth-order valence-corrected chi connectivity index (χ4v) is 2.83. The molecule has 21 heavy (non-hydrogen) atoms. The van der Waals surface area contributed by atoms with Gasteiger partial charge in [-0.15, -0.1) is 0 Å². The van der Waals surface area contributed by atoms with E-state index >= 15 is 0 Å². The molecule has 116 valence electrons. The first kappa shape index (κ1) is 15.8. The van der Waals surface area contributed by atoms with Crippen LogP contribution >= 0.6 is 0 Å². The molecule has 1 atom stereocenters. The summed E-state index contributed by atoms with van der Waals surface area (Å²) in [7, 11) is 0. The van der Waals surface area contributed by atoms with Crippen molar-refractivity contribution in [1.29, 1.82) is 0 Å². The highest BCUT2D eigenvalue weighted by Gasteiger charge is 2.20. The minimum Gasteiger partial charge on any atom is -0.462 e. The van der Waals surface area contributed by atoms with Crippen LogP contribution in [-0.2, 0) is 16.0 Å². The van der Waals surface area contributed by atoms with Gasteiger partial charge in [0.2, 0.25) is 0 Å². The molecule has 1 aromatic rings. The van der Waals surface area contributed by atoms with Crippen LogP contribution in [0.3, 0.4) is 0 Å². The summed E-state index contributed by atoms with van der Waals surface area (Å²) in [6, 6.07) is 1.52. The smallest absolute Gasteiger partial charge is 0.340 e. The van der Waals surface area contributed by atoms with Gasteiger partial charge in [0.25, 0.3) is 5.56 Å². The quantitative estimate of drug-likeness (QED) is 0.780. The van der Waals surface area contributed by atoms with E-state index in [1.165, 1.54) is 6.07 Å². The predicted molar refractivity (Wildman–Crippen MR) is 79.7 cm³/mol. The number of carbonyl (C=O) groups is 1. The van der Waals surface area contributed by atoms with Gasteiger partial charge in [0.15, 0.2) is 0 Å². The molecule has 0 spiro atoms. The van der Waals surface area contributed by atoms with Gasteiger partial charge in [-0.2, -0.15) is 0 Å².